The van der Waals surface area contributed by atoms with Crippen LogP contribution in [-0.4, -0.2) is 10.9 Å². The van der Waals surface area contributed by atoms with E-state index in [1.54, 1.807) is 17.4 Å². The first-order valence-corrected chi connectivity index (χ1v) is 7.13. The Balaban J connectivity index is 1.99. The van der Waals surface area contributed by atoms with Crippen LogP contribution >= 0.6 is 11.3 Å². The molecule has 0 aliphatic heterocycles. The number of aromatic nitrogens is 1. The minimum Gasteiger partial charge on any atom is -0.348 e. The highest BCUT2D eigenvalue weighted by molar-refractivity contribution is 7.10. The Morgan fingerprint density at radius 3 is 2.90 bits per heavy atom. The number of rotatable bonds is 4. The number of pyridine rings is 1. The number of hydrogen-bond donors (Lipinski definition) is 2. The van der Waals surface area contributed by atoms with Crippen molar-refractivity contribution in [2.75, 3.05) is 0 Å². The molecule has 0 aliphatic carbocycles. The summed E-state index contributed by atoms with van der Waals surface area (Å²) < 4.78 is 0. The van der Waals surface area contributed by atoms with Gasteiger partial charge < -0.3 is 10.3 Å². The fourth-order valence-corrected chi connectivity index (χ4v) is 2.50. The molecular weight excluding hydrogens is 272 g/mol. The third-order valence-electron chi connectivity index (χ3n) is 2.88. The van der Waals surface area contributed by atoms with Crippen molar-refractivity contribution in [3.05, 3.63) is 61.7 Å². The number of nitrogens with one attached hydrogen (secondary N) is 2. The lowest BCUT2D eigenvalue weighted by Crippen LogP contribution is -2.26. The van der Waals surface area contributed by atoms with Gasteiger partial charge in [0.15, 0.2) is 0 Å². The van der Waals surface area contributed by atoms with Crippen LogP contribution in [0.15, 0.2) is 34.4 Å². The van der Waals surface area contributed by atoms with E-state index >= 15 is 0 Å². The average Bonchev–Trinajstić information content (AvgIpc) is 2.88. The number of hydrogen-bond acceptors (Lipinski definition) is 3. The minimum atomic E-state index is -0.210. The van der Waals surface area contributed by atoms with E-state index in [2.05, 4.69) is 10.3 Å². The van der Waals surface area contributed by atoms with Gasteiger partial charge in [-0.1, -0.05) is 6.07 Å². The van der Waals surface area contributed by atoms with Gasteiger partial charge in [-0.25, -0.2) is 0 Å². The highest BCUT2D eigenvalue weighted by Gasteiger charge is 2.06. The fraction of sp³-hybridized carbons (Fsp3) is 0.200. The van der Waals surface area contributed by atoms with Crippen LogP contribution in [0.1, 0.15) is 21.7 Å². The Kier molecular flexibility index (Phi) is 4.53. The van der Waals surface area contributed by atoms with E-state index in [0.29, 0.717) is 5.56 Å². The Hall–Kier alpha value is -2.14. The van der Waals surface area contributed by atoms with Crippen LogP contribution in [0, 0.1) is 13.8 Å². The van der Waals surface area contributed by atoms with Crippen molar-refractivity contribution in [2.24, 2.45) is 0 Å². The number of H-pyrrole nitrogens is 1. The van der Waals surface area contributed by atoms with Gasteiger partial charge in [0, 0.05) is 28.8 Å². The number of thiophene rings is 1. The third-order valence-corrected chi connectivity index (χ3v) is 3.71. The topological polar surface area (TPSA) is 62.0 Å². The van der Waals surface area contributed by atoms with E-state index in [-0.39, 0.29) is 18.0 Å². The normalized spacial score (nSPS) is 10.9. The van der Waals surface area contributed by atoms with E-state index in [1.165, 1.54) is 6.08 Å². The summed E-state index contributed by atoms with van der Waals surface area (Å²) in [6.07, 6.45) is 3.23. The monoisotopic (exact) mass is 288 g/mol. The maximum atomic E-state index is 11.8. The molecular formula is C15H16N2O2S. The second kappa shape index (κ2) is 6.34. The lowest BCUT2D eigenvalue weighted by atomic mass is 10.1. The molecule has 104 valence electrons. The van der Waals surface area contributed by atoms with Crippen LogP contribution in [0.25, 0.3) is 6.08 Å². The van der Waals surface area contributed by atoms with Crippen molar-refractivity contribution < 1.29 is 4.79 Å². The molecule has 0 unspecified atom stereocenters. The summed E-state index contributed by atoms with van der Waals surface area (Å²) in [4.78, 5) is 27.2. The quantitative estimate of drug-likeness (QED) is 0.849. The molecule has 0 spiro atoms. The molecule has 1 amide bonds. The molecule has 0 radical (unpaired) electrons. The summed E-state index contributed by atoms with van der Waals surface area (Å²) >= 11 is 1.56. The zero-order valence-corrected chi connectivity index (χ0v) is 12.2. The average molecular weight is 288 g/mol. The van der Waals surface area contributed by atoms with Gasteiger partial charge in [0.05, 0.1) is 0 Å². The Morgan fingerprint density at radius 2 is 2.25 bits per heavy atom. The van der Waals surface area contributed by atoms with E-state index in [0.717, 1.165) is 16.1 Å². The van der Waals surface area contributed by atoms with Gasteiger partial charge in [0.1, 0.15) is 0 Å². The van der Waals surface area contributed by atoms with E-state index in [9.17, 15) is 9.59 Å². The first-order valence-electron chi connectivity index (χ1n) is 6.25. The van der Waals surface area contributed by atoms with Crippen LogP contribution in [0.2, 0.25) is 0 Å². The molecule has 2 N–H and O–H groups in total. The maximum absolute atomic E-state index is 11.8. The zero-order valence-electron chi connectivity index (χ0n) is 11.4. The lowest BCUT2D eigenvalue weighted by Gasteiger charge is -2.06. The van der Waals surface area contributed by atoms with Crippen LogP contribution in [0.3, 0.4) is 0 Å². The summed E-state index contributed by atoms with van der Waals surface area (Å²) in [5.41, 5.74) is 2.15. The highest BCUT2D eigenvalue weighted by Crippen LogP contribution is 2.10. The largest absolute Gasteiger partial charge is 0.348 e. The van der Waals surface area contributed by atoms with E-state index in [1.807, 2.05) is 37.4 Å². The van der Waals surface area contributed by atoms with Crippen molar-refractivity contribution >= 4 is 23.3 Å². The predicted molar refractivity (Wildman–Crippen MR) is 81.7 cm³/mol. The molecule has 4 nitrogen and oxygen atoms in total. The molecule has 0 atom stereocenters. The van der Waals surface area contributed by atoms with Crippen molar-refractivity contribution in [1.29, 1.82) is 0 Å². The summed E-state index contributed by atoms with van der Waals surface area (Å²) in [6.45, 7) is 3.93. The van der Waals surface area contributed by atoms with Crippen molar-refractivity contribution in [3.63, 3.8) is 0 Å². The smallest absolute Gasteiger partial charge is 0.253 e. The van der Waals surface area contributed by atoms with Gasteiger partial charge in [-0.2, -0.15) is 0 Å². The summed E-state index contributed by atoms with van der Waals surface area (Å²) in [6, 6.07) is 5.76. The van der Waals surface area contributed by atoms with Gasteiger partial charge in [-0.15, -0.1) is 11.3 Å². The van der Waals surface area contributed by atoms with Gasteiger partial charge in [-0.05, 0) is 43.0 Å². The maximum Gasteiger partial charge on any atom is 0.253 e. The fourth-order valence-electron chi connectivity index (χ4n) is 1.88. The van der Waals surface area contributed by atoms with E-state index < -0.39 is 0 Å². The zero-order chi connectivity index (χ0) is 14.5. The molecule has 0 saturated carbocycles. The van der Waals surface area contributed by atoms with E-state index in [4.69, 9.17) is 0 Å². The van der Waals surface area contributed by atoms with Gasteiger partial charge in [0.2, 0.25) is 5.91 Å². The summed E-state index contributed by atoms with van der Waals surface area (Å²) in [5, 5.41) is 4.67. The van der Waals surface area contributed by atoms with Gasteiger partial charge >= 0.3 is 0 Å². The SMILES string of the molecule is Cc1cc(C)c(CNC(=O)C=Cc2cccs2)c(=O)[nH]1. The number of amides is 1. The van der Waals surface area contributed by atoms with Crippen LogP contribution in [0.5, 0.6) is 0 Å². The molecule has 0 bridgehead atoms. The highest BCUT2D eigenvalue weighted by atomic mass is 32.1. The van der Waals surface area contributed by atoms with Gasteiger partial charge in [-0.3, -0.25) is 9.59 Å². The molecule has 2 heterocycles. The first-order chi connectivity index (χ1) is 9.56. The molecule has 2 rings (SSSR count). The standard InChI is InChI=1S/C15H16N2O2S/c1-10-8-11(2)17-15(19)13(10)9-16-14(18)6-5-12-4-3-7-20-12/h3-8H,9H2,1-2H3,(H,16,18)(H,17,19). The van der Waals surface area contributed by atoms with Crippen LogP contribution < -0.4 is 10.9 Å². The summed E-state index contributed by atoms with van der Waals surface area (Å²) in [5.74, 6) is -0.210. The Labute approximate surface area is 121 Å². The van der Waals surface area contributed by atoms with Crippen molar-refractivity contribution in [2.45, 2.75) is 20.4 Å². The van der Waals surface area contributed by atoms with Gasteiger partial charge in [0.25, 0.3) is 5.56 Å². The molecule has 0 aliphatic rings. The molecule has 0 saturated heterocycles. The Bertz CT molecular complexity index is 684. The second-order valence-electron chi connectivity index (χ2n) is 4.51. The molecule has 2 aromatic heterocycles. The second-order valence-corrected chi connectivity index (χ2v) is 5.49. The number of aromatic amines is 1. The molecule has 20 heavy (non-hydrogen) atoms. The Morgan fingerprint density at radius 1 is 1.45 bits per heavy atom. The molecule has 2 aromatic rings. The van der Waals surface area contributed by atoms with Crippen molar-refractivity contribution in [1.82, 2.24) is 10.3 Å². The lowest BCUT2D eigenvalue weighted by molar-refractivity contribution is -0.116. The number of carbonyl (C=O) groups is 1. The predicted octanol–water partition coefficient (Wildman–Crippen LogP) is 2.38. The first kappa shape index (κ1) is 14.3. The van der Waals surface area contributed by atoms with Crippen molar-refractivity contribution in [3.8, 4) is 0 Å². The molecule has 0 fully saturated rings. The third kappa shape index (κ3) is 3.68. The van der Waals surface area contributed by atoms with Crippen LogP contribution in [0.4, 0.5) is 0 Å². The summed E-state index contributed by atoms with van der Waals surface area (Å²) in [7, 11) is 0. The number of aryl methyl sites for hydroxylation is 2. The molecule has 0 aromatic carbocycles. The minimum absolute atomic E-state index is 0.148. The number of carbonyl (C=O) groups excluding carboxylic acids is 1. The van der Waals surface area contributed by atoms with Crippen LogP contribution in [-0.2, 0) is 11.3 Å². The molecule has 5 heteroatoms.